The summed E-state index contributed by atoms with van der Waals surface area (Å²) in [5.74, 6) is 0.860. The first-order valence-electron chi connectivity index (χ1n) is 8.86. The van der Waals surface area contributed by atoms with E-state index in [0.717, 1.165) is 0 Å². The monoisotopic (exact) mass is 377 g/mol. The van der Waals surface area contributed by atoms with Crippen molar-refractivity contribution in [2.75, 3.05) is 0 Å². The Morgan fingerprint density at radius 3 is 1.46 bits per heavy atom. The Morgan fingerprint density at radius 1 is 0.731 bits per heavy atom. The second-order valence-corrected chi connectivity index (χ2v) is 8.07. The molecule has 0 aliphatic heterocycles. The van der Waals surface area contributed by atoms with Gasteiger partial charge in [-0.1, -0.05) is 36.4 Å². The van der Waals surface area contributed by atoms with E-state index >= 15 is 0 Å². The van der Waals surface area contributed by atoms with E-state index in [1.807, 2.05) is 19.1 Å². The number of benzene rings is 2. The Morgan fingerprint density at radius 2 is 1.12 bits per heavy atom. The summed E-state index contributed by atoms with van der Waals surface area (Å²) in [6.07, 6.45) is -0.451. The van der Waals surface area contributed by atoms with E-state index in [0.29, 0.717) is 11.5 Å². The summed E-state index contributed by atoms with van der Waals surface area (Å²) in [4.78, 5) is 2.11. The minimum absolute atomic E-state index is 0.215. The van der Waals surface area contributed by atoms with Gasteiger partial charge in [0.15, 0.2) is 0 Å². The summed E-state index contributed by atoms with van der Waals surface area (Å²) in [6, 6.07) is 18.3. The molecule has 0 N–H and O–H groups in total. The number of nitrogens with zero attached hydrogens (tertiary/aromatic N) is 1. The van der Waals surface area contributed by atoms with E-state index in [4.69, 9.17) is 13.6 Å². The van der Waals surface area contributed by atoms with E-state index in [9.17, 15) is 4.57 Å². The molecule has 0 aromatic heterocycles. The predicted octanol–water partition coefficient (Wildman–Crippen LogP) is 5.73. The van der Waals surface area contributed by atoms with Crippen LogP contribution in [0, 0.1) is 0 Å². The zero-order valence-corrected chi connectivity index (χ0v) is 16.9. The minimum Gasteiger partial charge on any atom is -0.395 e. The maximum absolute atomic E-state index is 13.4. The molecular formula is C20H28NO4P. The Kier molecular flexibility index (Phi) is 7.27. The quantitative estimate of drug-likeness (QED) is 0.412. The topological polar surface area (TPSA) is 48.0 Å². The number of phosphoric ester groups is 1. The van der Waals surface area contributed by atoms with Gasteiger partial charge in [-0.2, -0.15) is 0 Å². The van der Waals surface area contributed by atoms with Crippen molar-refractivity contribution in [2.24, 2.45) is 0 Å². The third-order valence-corrected chi connectivity index (χ3v) is 5.25. The highest BCUT2D eigenvalue weighted by Gasteiger charge is 2.36. The lowest BCUT2D eigenvalue weighted by Crippen LogP contribution is -2.44. The highest BCUT2D eigenvalue weighted by Crippen LogP contribution is 2.51. The lowest BCUT2D eigenvalue weighted by atomic mass is 10.2. The fourth-order valence-electron chi connectivity index (χ4n) is 2.96. The summed E-state index contributed by atoms with van der Waals surface area (Å²) in [5.41, 5.74) is 0. The van der Waals surface area contributed by atoms with E-state index in [-0.39, 0.29) is 12.1 Å². The highest BCUT2D eigenvalue weighted by molar-refractivity contribution is 7.49. The fourth-order valence-corrected chi connectivity index (χ4v) is 4.33. The van der Waals surface area contributed by atoms with Gasteiger partial charge < -0.3 is 9.05 Å². The number of phosphoric acid groups is 1. The molecule has 26 heavy (non-hydrogen) atoms. The summed E-state index contributed by atoms with van der Waals surface area (Å²) >= 11 is 0. The molecule has 0 radical (unpaired) electrons. The molecule has 0 fully saturated rings. The van der Waals surface area contributed by atoms with Crippen LogP contribution in [-0.4, -0.2) is 23.2 Å². The van der Waals surface area contributed by atoms with Crippen LogP contribution in [0.1, 0.15) is 34.6 Å². The van der Waals surface area contributed by atoms with Crippen LogP contribution >= 0.6 is 7.82 Å². The maximum atomic E-state index is 13.4. The van der Waals surface area contributed by atoms with Crippen molar-refractivity contribution >= 4 is 7.82 Å². The van der Waals surface area contributed by atoms with Crippen molar-refractivity contribution in [1.29, 1.82) is 0 Å². The third kappa shape index (κ3) is 5.87. The van der Waals surface area contributed by atoms with Crippen LogP contribution in [0.3, 0.4) is 0 Å². The van der Waals surface area contributed by atoms with Crippen LogP contribution in [0.5, 0.6) is 11.5 Å². The van der Waals surface area contributed by atoms with Crippen molar-refractivity contribution in [3.05, 3.63) is 60.7 Å². The molecule has 5 nitrogen and oxygen atoms in total. The first kappa shape index (κ1) is 20.5. The average Bonchev–Trinajstić information content (AvgIpc) is 2.55. The maximum Gasteiger partial charge on any atom is 0.589 e. The molecule has 1 atom stereocenters. The Labute approximate surface area is 156 Å². The zero-order valence-electron chi connectivity index (χ0n) is 16.0. The summed E-state index contributed by atoms with van der Waals surface area (Å²) < 4.78 is 30.6. The first-order chi connectivity index (χ1) is 12.3. The van der Waals surface area contributed by atoms with Crippen LogP contribution in [-0.2, 0) is 9.09 Å². The Hall–Kier alpha value is -1.81. The molecule has 0 saturated heterocycles. The van der Waals surface area contributed by atoms with Gasteiger partial charge in [-0.25, -0.2) is 9.09 Å². The van der Waals surface area contributed by atoms with E-state index < -0.39 is 14.1 Å². The van der Waals surface area contributed by atoms with Gasteiger partial charge >= 0.3 is 7.82 Å². The molecule has 0 amide bonds. The van der Waals surface area contributed by atoms with Crippen LogP contribution in [0.25, 0.3) is 0 Å². The van der Waals surface area contributed by atoms with E-state index in [2.05, 4.69) is 32.6 Å². The van der Waals surface area contributed by atoms with Crippen molar-refractivity contribution in [1.82, 2.24) is 4.90 Å². The Balaban J connectivity index is 2.26. The lowest BCUT2D eigenvalue weighted by molar-refractivity contribution is -0.0192. The van der Waals surface area contributed by atoms with Gasteiger partial charge in [-0.05, 0) is 58.9 Å². The molecule has 0 spiro atoms. The number of para-hydroxylation sites is 2. The van der Waals surface area contributed by atoms with Crippen LogP contribution in [0.2, 0.25) is 0 Å². The molecule has 2 rings (SSSR count). The van der Waals surface area contributed by atoms with E-state index in [1.165, 1.54) is 0 Å². The van der Waals surface area contributed by atoms with Crippen molar-refractivity contribution in [2.45, 2.75) is 52.9 Å². The van der Waals surface area contributed by atoms with Gasteiger partial charge in [0.2, 0.25) is 0 Å². The SMILES string of the molecule is CC(C)N(C(C)C)C(C)OP(=O)(Oc1ccccc1)Oc1ccccc1. The smallest absolute Gasteiger partial charge is 0.395 e. The second-order valence-electron chi connectivity index (χ2n) is 6.60. The molecule has 1 unspecified atom stereocenters. The van der Waals surface area contributed by atoms with Gasteiger partial charge in [-0.3, -0.25) is 4.90 Å². The van der Waals surface area contributed by atoms with Crippen molar-refractivity contribution in [3.63, 3.8) is 0 Å². The minimum atomic E-state index is -3.89. The summed E-state index contributed by atoms with van der Waals surface area (Å²) in [6.45, 7) is 10.1. The summed E-state index contributed by atoms with van der Waals surface area (Å²) in [5, 5.41) is 0. The average molecular weight is 377 g/mol. The second kappa shape index (κ2) is 9.22. The lowest BCUT2D eigenvalue weighted by Gasteiger charge is -2.36. The van der Waals surface area contributed by atoms with Crippen LogP contribution < -0.4 is 9.05 Å². The molecule has 0 bridgehead atoms. The molecular weight excluding hydrogens is 349 g/mol. The van der Waals surface area contributed by atoms with Crippen molar-refractivity contribution in [3.8, 4) is 11.5 Å². The molecule has 6 heteroatoms. The zero-order chi connectivity index (χ0) is 19.2. The predicted molar refractivity (Wildman–Crippen MR) is 104 cm³/mol. The standard InChI is InChI=1S/C20H28NO4P/c1-16(2)21(17(3)4)18(5)23-26(22,24-19-12-8-6-9-13-19)25-20-14-10-7-11-15-20/h6-18H,1-5H3. The van der Waals surface area contributed by atoms with E-state index in [1.54, 1.807) is 48.5 Å². The number of hydrogen-bond donors (Lipinski definition) is 0. The molecule has 2 aromatic rings. The van der Waals surface area contributed by atoms with Gasteiger partial charge in [0.05, 0.1) is 0 Å². The third-order valence-electron chi connectivity index (χ3n) is 3.81. The van der Waals surface area contributed by atoms with Crippen LogP contribution in [0.4, 0.5) is 0 Å². The van der Waals surface area contributed by atoms with Crippen LogP contribution in [0.15, 0.2) is 60.7 Å². The number of hydrogen-bond acceptors (Lipinski definition) is 5. The molecule has 0 aliphatic carbocycles. The summed E-state index contributed by atoms with van der Waals surface area (Å²) in [7, 11) is -3.89. The molecule has 0 heterocycles. The van der Waals surface area contributed by atoms with Gasteiger partial charge in [0.25, 0.3) is 0 Å². The molecule has 2 aromatic carbocycles. The largest absolute Gasteiger partial charge is 0.589 e. The van der Waals surface area contributed by atoms with Gasteiger partial charge in [0, 0.05) is 12.1 Å². The normalized spacial score (nSPS) is 13.2. The molecule has 142 valence electrons. The fraction of sp³-hybridized carbons (Fsp3) is 0.400. The van der Waals surface area contributed by atoms with Gasteiger partial charge in [-0.15, -0.1) is 0 Å². The van der Waals surface area contributed by atoms with Gasteiger partial charge in [0.1, 0.15) is 17.7 Å². The molecule has 0 saturated carbocycles. The molecule has 0 aliphatic rings. The highest BCUT2D eigenvalue weighted by atomic mass is 31.2. The van der Waals surface area contributed by atoms with Crippen molar-refractivity contribution < 1.29 is 18.1 Å². The Bertz CT molecular complexity index is 653. The number of rotatable bonds is 9. The first-order valence-corrected chi connectivity index (χ1v) is 10.3.